The monoisotopic (exact) mass is 418 g/mol. The molecule has 0 radical (unpaired) electrons. The molecule has 0 aliphatic carbocycles. The van der Waals surface area contributed by atoms with Gasteiger partial charge in [0.25, 0.3) is 0 Å². The molecule has 2 rings (SSSR count). The molecule has 0 aromatic heterocycles. The highest BCUT2D eigenvalue weighted by atomic mass is 35.5. The first-order valence-electron chi connectivity index (χ1n) is 7.64. The van der Waals surface area contributed by atoms with E-state index >= 15 is 0 Å². The minimum Gasteiger partial charge on any atom is -0.325 e. The first kappa shape index (κ1) is 20.6. The van der Waals surface area contributed by atoms with Gasteiger partial charge >= 0.3 is 0 Å². The normalized spacial score (nSPS) is 12.8. The number of rotatable bonds is 6. The van der Waals surface area contributed by atoms with Crippen molar-refractivity contribution in [3.63, 3.8) is 0 Å². The predicted octanol–water partition coefficient (Wildman–Crippen LogP) is 4.07. The summed E-state index contributed by atoms with van der Waals surface area (Å²) in [6.45, 7) is 3.40. The molecule has 140 valence electrons. The summed E-state index contributed by atoms with van der Waals surface area (Å²) < 4.78 is 40.5. The molecule has 2 aromatic rings. The number of sulfonamides is 1. The molecule has 0 unspecified atom stereocenters. The number of anilines is 1. The van der Waals surface area contributed by atoms with Crippen molar-refractivity contribution in [3.05, 3.63) is 58.3 Å². The van der Waals surface area contributed by atoms with Gasteiger partial charge < -0.3 is 5.32 Å². The average molecular weight is 419 g/mol. The van der Waals surface area contributed by atoms with Crippen molar-refractivity contribution in [3.8, 4) is 0 Å². The molecular formula is C17H17Cl2FN2O3S. The van der Waals surface area contributed by atoms with Crippen LogP contribution in [0.4, 0.5) is 10.1 Å². The van der Waals surface area contributed by atoms with Crippen LogP contribution in [0.1, 0.15) is 13.8 Å². The van der Waals surface area contributed by atoms with Crippen molar-refractivity contribution in [2.45, 2.75) is 24.8 Å². The zero-order valence-corrected chi connectivity index (χ0v) is 16.3. The molecule has 1 amide bonds. The van der Waals surface area contributed by atoms with Gasteiger partial charge in [0.15, 0.2) is 0 Å². The van der Waals surface area contributed by atoms with Crippen LogP contribution in [-0.2, 0) is 14.8 Å². The third kappa shape index (κ3) is 5.17. The van der Waals surface area contributed by atoms with Crippen molar-refractivity contribution >= 4 is 44.8 Å². The van der Waals surface area contributed by atoms with Gasteiger partial charge in [-0.2, -0.15) is 4.72 Å². The Hall–Kier alpha value is -1.67. The third-order valence-corrected chi connectivity index (χ3v) is 5.72. The Morgan fingerprint density at radius 1 is 1.04 bits per heavy atom. The van der Waals surface area contributed by atoms with Crippen molar-refractivity contribution in [2.75, 3.05) is 5.32 Å². The van der Waals surface area contributed by atoms with Crippen molar-refractivity contribution < 1.29 is 17.6 Å². The predicted molar refractivity (Wildman–Crippen MR) is 100 cm³/mol. The van der Waals surface area contributed by atoms with Gasteiger partial charge in [0.1, 0.15) is 11.9 Å². The number of benzene rings is 2. The Morgan fingerprint density at radius 2 is 1.65 bits per heavy atom. The molecule has 0 saturated carbocycles. The van der Waals surface area contributed by atoms with E-state index in [1.165, 1.54) is 42.5 Å². The summed E-state index contributed by atoms with van der Waals surface area (Å²) >= 11 is 11.7. The third-order valence-electron chi connectivity index (χ3n) is 3.54. The van der Waals surface area contributed by atoms with E-state index in [9.17, 15) is 17.6 Å². The van der Waals surface area contributed by atoms with E-state index in [0.29, 0.717) is 5.69 Å². The van der Waals surface area contributed by atoms with Gasteiger partial charge in [-0.15, -0.1) is 0 Å². The lowest BCUT2D eigenvalue weighted by Gasteiger charge is -2.21. The van der Waals surface area contributed by atoms with Gasteiger partial charge in [-0.05, 0) is 48.4 Å². The lowest BCUT2D eigenvalue weighted by molar-refractivity contribution is -0.118. The Morgan fingerprint density at radius 3 is 2.19 bits per heavy atom. The van der Waals surface area contributed by atoms with Crippen molar-refractivity contribution in [2.24, 2.45) is 5.92 Å². The molecule has 9 heteroatoms. The van der Waals surface area contributed by atoms with Gasteiger partial charge in [-0.1, -0.05) is 37.0 Å². The fourth-order valence-corrected chi connectivity index (χ4v) is 3.86. The van der Waals surface area contributed by atoms with Crippen LogP contribution in [0.5, 0.6) is 0 Å². The number of halogens is 3. The minimum atomic E-state index is -4.00. The highest BCUT2D eigenvalue weighted by molar-refractivity contribution is 7.89. The fourth-order valence-electron chi connectivity index (χ4n) is 2.12. The van der Waals surface area contributed by atoms with E-state index < -0.39 is 27.8 Å². The molecule has 5 nitrogen and oxygen atoms in total. The second kappa shape index (κ2) is 8.35. The first-order valence-corrected chi connectivity index (χ1v) is 9.88. The summed E-state index contributed by atoms with van der Waals surface area (Å²) in [5, 5.41) is 2.88. The van der Waals surface area contributed by atoms with Crippen LogP contribution in [0, 0.1) is 11.7 Å². The first-order chi connectivity index (χ1) is 12.1. The van der Waals surface area contributed by atoms with Crippen LogP contribution >= 0.6 is 23.2 Å². The largest absolute Gasteiger partial charge is 0.325 e. The maximum absolute atomic E-state index is 13.0. The Balaban J connectivity index is 2.22. The lowest BCUT2D eigenvalue weighted by atomic mass is 10.0. The number of hydrogen-bond acceptors (Lipinski definition) is 3. The summed E-state index contributed by atoms with van der Waals surface area (Å²) in [4.78, 5) is 12.4. The standard InChI is InChI=1S/C17H17Cl2FN2O3S/c1-10(2)16(17(23)21-12-5-3-11(20)4-6-12)22-26(24,25)13-7-8-14(18)15(19)9-13/h3-10,16,22H,1-2H3,(H,21,23)/t16-/m0/s1. The summed E-state index contributed by atoms with van der Waals surface area (Å²) in [5.74, 6) is -1.34. The van der Waals surface area contributed by atoms with E-state index in [1.807, 2.05) is 0 Å². The molecule has 0 saturated heterocycles. The van der Waals surface area contributed by atoms with Crippen molar-refractivity contribution in [1.29, 1.82) is 0 Å². The van der Waals surface area contributed by atoms with Crippen LogP contribution in [0.25, 0.3) is 0 Å². The quantitative estimate of drug-likeness (QED) is 0.741. The van der Waals surface area contributed by atoms with Gasteiger partial charge in [0.2, 0.25) is 15.9 Å². The number of nitrogens with one attached hydrogen (secondary N) is 2. The summed E-state index contributed by atoms with van der Waals surface area (Å²) in [6, 6.07) is 7.99. The smallest absolute Gasteiger partial charge is 0.242 e. The fraction of sp³-hybridized carbons (Fsp3) is 0.235. The molecule has 0 bridgehead atoms. The van der Waals surface area contributed by atoms with Gasteiger partial charge in [-0.3, -0.25) is 4.79 Å². The zero-order chi connectivity index (χ0) is 19.5. The highest BCUT2D eigenvalue weighted by Gasteiger charge is 2.28. The van der Waals surface area contributed by atoms with Crippen LogP contribution in [-0.4, -0.2) is 20.4 Å². The minimum absolute atomic E-state index is 0.0893. The molecule has 0 aliphatic heterocycles. The number of carbonyl (C=O) groups excluding carboxylic acids is 1. The van der Waals surface area contributed by atoms with E-state index in [0.717, 1.165) is 0 Å². The Bertz CT molecular complexity index is 903. The molecule has 2 N–H and O–H groups in total. The lowest BCUT2D eigenvalue weighted by Crippen LogP contribution is -2.47. The molecule has 26 heavy (non-hydrogen) atoms. The Labute approximate surface area is 161 Å². The summed E-state index contributed by atoms with van der Waals surface area (Å²) in [7, 11) is -4.00. The van der Waals surface area contributed by atoms with E-state index in [1.54, 1.807) is 13.8 Å². The van der Waals surface area contributed by atoms with E-state index in [-0.39, 0.29) is 20.9 Å². The maximum Gasteiger partial charge on any atom is 0.242 e. The molecule has 0 fully saturated rings. The van der Waals surface area contributed by atoms with Crippen LogP contribution in [0.15, 0.2) is 47.4 Å². The number of carbonyl (C=O) groups is 1. The van der Waals surface area contributed by atoms with Crippen molar-refractivity contribution in [1.82, 2.24) is 4.72 Å². The zero-order valence-electron chi connectivity index (χ0n) is 14.0. The number of amides is 1. The average Bonchev–Trinajstić information content (AvgIpc) is 2.57. The van der Waals surface area contributed by atoms with Crippen LogP contribution in [0.3, 0.4) is 0 Å². The van der Waals surface area contributed by atoms with E-state index in [4.69, 9.17) is 23.2 Å². The molecule has 0 heterocycles. The summed E-state index contributed by atoms with van der Waals surface area (Å²) in [5.41, 5.74) is 0.357. The molecule has 0 aliphatic rings. The molecule has 2 aromatic carbocycles. The second-order valence-corrected chi connectivity index (χ2v) is 8.44. The highest BCUT2D eigenvalue weighted by Crippen LogP contribution is 2.25. The van der Waals surface area contributed by atoms with E-state index in [2.05, 4.69) is 10.0 Å². The molecular weight excluding hydrogens is 402 g/mol. The molecule has 1 atom stereocenters. The van der Waals surface area contributed by atoms with Gasteiger partial charge in [0, 0.05) is 5.69 Å². The van der Waals surface area contributed by atoms with Crippen LogP contribution in [0.2, 0.25) is 10.0 Å². The van der Waals surface area contributed by atoms with Crippen LogP contribution < -0.4 is 10.0 Å². The topological polar surface area (TPSA) is 75.3 Å². The SMILES string of the molecule is CC(C)[C@H](NS(=O)(=O)c1ccc(Cl)c(Cl)c1)C(=O)Nc1ccc(F)cc1. The Kier molecular flexibility index (Phi) is 6.63. The van der Waals surface area contributed by atoms with Gasteiger partial charge in [0.05, 0.1) is 14.9 Å². The second-order valence-electron chi connectivity index (χ2n) is 5.92. The van der Waals surface area contributed by atoms with Gasteiger partial charge in [-0.25, -0.2) is 12.8 Å². The molecule has 0 spiro atoms. The number of hydrogen-bond donors (Lipinski definition) is 2. The summed E-state index contributed by atoms with van der Waals surface area (Å²) in [6.07, 6.45) is 0. The maximum atomic E-state index is 13.0.